The summed E-state index contributed by atoms with van der Waals surface area (Å²) < 4.78 is 37.3. The third-order valence-electron chi connectivity index (χ3n) is 15.6. The second-order valence-electron chi connectivity index (χ2n) is 22.1. The van der Waals surface area contributed by atoms with E-state index in [4.69, 9.17) is 25.0 Å². The van der Waals surface area contributed by atoms with Crippen LogP contribution in [-0.4, -0.2) is 180 Å². The SMILES string of the molecule is CC(=O)O.CC(=O)OOC(C)=O.CN(CCO)C1CCN(c2ccc(Nc3ncc4c5ccnc(F)c5n(C5CCCC5)c4n3)nc2)CC1.CNCCO.O=C1CCN(c2ccc(Nc3ncc4c5ccnc(F)c5n(C5CCCC5)c4n3)nc2)CC1.[B-]OC(C)=O.[Na+]. The molecule has 2 saturated heterocycles. The molecule has 0 unspecified atom stereocenters. The van der Waals surface area contributed by atoms with Gasteiger partial charge in [0.25, 0.3) is 5.97 Å². The van der Waals surface area contributed by atoms with E-state index >= 15 is 0 Å². The molecule has 93 heavy (non-hydrogen) atoms. The van der Waals surface area contributed by atoms with Crippen molar-refractivity contribution >= 4 is 116 Å². The number of carbonyl (C=O) groups is 5. The van der Waals surface area contributed by atoms with Crippen LogP contribution in [0.5, 0.6) is 0 Å². The van der Waals surface area contributed by atoms with Crippen LogP contribution in [0, 0.1) is 11.9 Å². The summed E-state index contributed by atoms with van der Waals surface area (Å²) in [7, 11) is 8.21. The number of nitrogens with one attached hydrogen (secondary N) is 3. The minimum absolute atomic E-state index is 0. The van der Waals surface area contributed by atoms with Gasteiger partial charge in [0.15, 0.2) is 0 Å². The van der Waals surface area contributed by atoms with Gasteiger partial charge in [-0.25, -0.2) is 49.3 Å². The Morgan fingerprint density at radius 3 is 1.38 bits per heavy atom. The van der Waals surface area contributed by atoms with E-state index in [0.717, 1.165) is 155 Å². The summed E-state index contributed by atoms with van der Waals surface area (Å²) in [5.41, 5.74) is 4.56. The molecule has 27 nitrogen and oxygen atoms in total. The summed E-state index contributed by atoms with van der Waals surface area (Å²) in [6, 6.07) is 12.5. The number of ketones is 1. The van der Waals surface area contributed by atoms with Crippen LogP contribution in [-0.2, 0) is 38.4 Å². The first-order valence-electron chi connectivity index (χ1n) is 30.4. The van der Waals surface area contributed by atoms with Crippen molar-refractivity contribution in [2.75, 3.05) is 87.0 Å². The first kappa shape index (κ1) is 73.9. The van der Waals surface area contributed by atoms with Gasteiger partial charge < -0.3 is 67.8 Å². The number of carboxylic acid groups (broad SMARTS) is 1. The molecule has 6 N–H and O–H groups in total. The van der Waals surface area contributed by atoms with Crippen molar-refractivity contribution in [3.05, 3.63) is 85.5 Å². The Morgan fingerprint density at radius 2 is 1.03 bits per heavy atom. The number of piperidine rings is 2. The van der Waals surface area contributed by atoms with E-state index < -0.39 is 35.8 Å². The van der Waals surface area contributed by atoms with Crippen LogP contribution in [0.1, 0.15) is 117 Å². The van der Waals surface area contributed by atoms with Gasteiger partial charge in [-0.3, -0.25) is 14.4 Å². The zero-order valence-corrected chi connectivity index (χ0v) is 55.6. The summed E-state index contributed by atoms with van der Waals surface area (Å²) in [6.45, 7) is 9.82. The Balaban J connectivity index is 0.000000223. The van der Waals surface area contributed by atoms with E-state index in [1.165, 1.54) is 19.3 Å². The fraction of sp³-hybridized carbons (Fsp3) is 0.468. The van der Waals surface area contributed by atoms with Crippen molar-refractivity contribution in [1.29, 1.82) is 0 Å². The molecule has 4 fully saturated rings. The van der Waals surface area contributed by atoms with Crippen LogP contribution >= 0.6 is 0 Å². The number of hydrogen-bond donors (Lipinski definition) is 6. The fourth-order valence-electron chi connectivity index (χ4n) is 11.3. The third kappa shape index (κ3) is 20.9. The predicted octanol–water partition coefficient (Wildman–Crippen LogP) is 4.76. The number of aliphatic hydroxyl groups is 2. The maximum Gasteiger partial charge on any atom is 1.00 e. The molecule has 0 bridgehead atoms. The average molecular weight is 1300 g/mol. The molecule has 2 aliphatic carbocycles. The number of Topliss-reactive ketones (excluding diaryl/α,β-unsaturated/α-hetero) is 1. The van der Waals surface area contributed by atoms with E-state index in [1.54, 1.807) is 25.6 Å². The Bertz CT molecular complexity index is 3710. The van der Waals surface area contributed by atoms with E-state index in [0.29, 0.717) is 72.3 Å². The first-order valence-corrected chi connectivity index (χ1v) is 30.4. The number of halogens is 2. The number of fused-ring (bicyclic) bond motifs is 6. The second-order valence-corrected chi connectivity index (χ2v) is 22.1. The van der Waals surface area contributed by atoms with Gasteiger partial charge in [-0.2, -0.15) is 18.7 Å². The molecule has 8 aromatic rings. The van der Waals surface area contributed by atoms with E-state index in [1.807, 2.05) is 45.7 Å². The summed E-state index contributed by atoms with van der Waals surface area (Å²) in [5, 5.41) is 37.1. The Morgan fingerprint density at radius 1 is 0.613 bits per heavy atom. The normalized spacial score (nSPS) is 14.9. The number of carboxylic acids is 1. The number of carbonyl (C=O) groups excluding carboxylic acids is 4. The molecule has 0 atom stereocenters. The molecule has 2 aliphatic heterocycles. The van der Waals surface area contributed by atoms with Crippen LogP contribution < -0.4 is 55.3 Å². The molecular weight excluding hydrogens is 1220 g/mol. The van der Waals surface area contributed by atoms with Gasteiger partial charge in [0.1, 0.15) is 39.7 Å². The zero-order chi connectivity index (χ0) is 66.3. The number of hydrogen-bond acceptors (Lipinski definition) is 24. The van der Waals surface area contributed by atoms with Crippen molar-refractivity contribution in [2.24, 2.45) is 0 Å². The van der Waals surface area contributed by atoms with E-state index in [2.05, 4.69) is 96.1 Å². The number of aliphatic hydroxyl groups excluding tert-OH is 2. The summed E-state index contributed by atoms with van der Waals surface area (Å²) in [6.07, 6.45) is 22.1. The molecule has 0 spiro atoms. The first-order chi connectivity index (χ1) is 44.3. The molecule has 4 aliphatic rings. The van der Waals surface area contributed by atoms with Gasteiger partial charge in [-0.1, -0.05) is 25.7 Å². The zero-order valence-electron chi connectivity index (χ0n) is 53.6. The molecule has 12 rings (SSSR count). The number of aliphatic carboxylic acids is 1. The van der Waals surface area contributed by atoms with Crippen molar-refractivity contribution < 1.29 is 92.1 Å². The third-order valence-corrected chi connectivity index (χ3v) is 15.6. The molecule has 3 radical (unpaired) electrons. The summed E-state index contributed by atoms with van der Waals surface area (Å²) in [5.74, 6) is -1.04. The molecule has 31 heteroatoms. The quantitative estimate of drug-likeness (QED) is 0.0392. The number of likely N-dealkylation sites (N-methyl/N-ethyl adjacent to an activating group) is 2. The minimum Gasteiger partial charge on any atom is -0.793 e. The fourth-order valence-corrected chi connectivity index (χ4v) is 11.3. The van der Waals surface area contributed by atoms with Gasteiger partial charge in [-0.15, -0.1) is 0 Å². The topological polar surface area (TPSA) is 333 Å². The molecule has 0 aromatic carbocycles. The number of rotatable bonds is 13. The van der Waals surface area contributed by atoms with Crippen molar-refractivity contribution in [3.63, 3.8) is 0 Å². The van der Waals surface area contributed by atoms with Crippen molar-refractivity contribution in [2.45, 2.75) is 123 Å². The Hall–Kier alpha value is -8.13. The smallest absolute Gasteiger partial charge is 0.793 e. The Kier molecular flexibility index (Phi) is 29.4. The van der Waals surface area contributed by atoms with Crippen molar-refractivity contribution in [1.82, 2.24) is 59.2 Å². The van der Waals surface area contributed by atoms with Gasteiger partial charge in [0.2, 0.25) is 29.8 Å². The Labute approximate surface area is 560 Å². The second kappa shape index (κ2) is 36.9. The van der Waals surface area contributed by atoms with Crippen LogP contribution in [0.3, 0.4) is 0 Å². The summed E-state index contributed by atoms with van der Waals surface area (Å²) >= 11 is 0. The van der Waals surface area contributed by atoms with Crippen molar-refractivity contribution in [3.8, 4) is 0 Å². The van der Waals surface area contributed by atoms with Gasteiger partial charge >= 0.3 is 41.5 Å². The van der Waals surface area contributed by atoms with E-state index in [-0.39, 0.29) is 54.9 Å². The monoisotopic (exact) mass is 1300 g/mol. The van der Waals surface area contributed by atoms with Gasteiger partial charge in [0, 0.05) is 144 Å². The number of pyridine rings is 4. The van der Waals surface area contributed by atoms with Crippen LogP contribution in [0.25, 0.3) is 43.9 Å². The van der Waals surface area contributed by atoms with Gasteiger partial charge in [-0.05, 0) is 89.0 Å². The molecular formula is C62H79BF2N16NaO11. The van der Waals surface area contributed by atoms with Gasteiger partial charge in [0.05, 0.1) is 37.0 Å². The summed E-state index contributed by atoms with van der Waals surface area (Å²) in [4.78, 5) is 99.6. The maximum atomic E-state index is 14.9. The molecule has 491 valence electrons. The molecule has 10 heterocycles. The molecule has 2 saturated carbocycles. The number of nitrogens with zero attached hydrogens (tertiary/aromatic N) is 13. The predicted molar refractivity (Wildman–Crippen MR) is 342 cm³/mol. The van der Waals surface area contributed by atoms with Crippen LogP contribution in [0.4, 0.5) is 43.7 Å². The number of aromatic nitrogens is 10. The molecule has 0 amide bonds. The van der Waals surface area contributed by atoms with E-state index in [9.17, 15) is 33.1 Å². The molecule has 8 aromatic heterocycles. The van der Waals surface area contributed by atoms with Crippen LogP contribution in [0.15, 0.2) is 73.6 Å². The largest absolute Gasteiger partial charge is 1.00 e. The average Bonchev–Trinajstić information content (AvgIpc) is 1.60. The number of anilines is 6. The minimum atomic E-state index is -0.833. The van der Waals surface area contributed by atoms with Crippen LogP contribution in [0.2, 0.25) is 0 Å². The maximum absolute atomic E-state index is 14.9. The standard InChI is InChI=1S/C27H33FN8O.C24H24FN7O.C4H6O4.C3H9NO.C2H3BO2.C2H4O2.Na/c1-34(14-15-37)18-9-12-35(13-10-18)20-6-7-23(30-16-20)32-27-31-17-22-21-8-11-29-25(28)24(21)36(26(22)33-27)19-4-2-3-5-19;25-22-21-18(7-10-26-22)19-14-28-24(30-23(19)32(21)15-3-1-2-4-15)29-20-6-5-16(13-27-20)31-11-8-17(33)9-12-31;1-3(5)7-8-4(2)6;1-4-2-3-5;1-2(4)5-3;1-2(3)4;/h6-8,11,16-19,37H,2-5,9-10,12-15H2,1H3,(H,30,31,32,33);5-7,10,13-15H,1-4,8-9,11-12H2,(H,27,28,29,30);1-2H3;4-5H,2-3H2,1H3;1H3;1H3,(H,3,4);/q;;;;-1;;+1.